The van der Waals surface area contributed by atoms with Gasteiger partial charge in [-0.3, -0.25) is 4.99 Å². The van der Waals surface area contributed by atoms with Crippen LogP contribution >= 0.6 is 24.0 Å². The van der Waals surface area contributed by atoms with Crippen LogP contribution in [0.2, 0.25) is 0 Å². The van der Waals surface area contributed by atoms with Crippen LogP contribution in [0.15, 0.2) is 40.2 Å². The van der Waals surface area contributed by atoms with Crippen LogP contribution < -0.4 is 5.32 Å². The number of nitrogens with one attached hydrogen (secondary N) is 1. The fourth-order valence-electron chi connectivity index (χ4n) is 3.68. The SMILES string of the molecule is CCCC1(C)CCCN(C(=NC)NCCS(=O)(=O)c2ccccc2)C1.I. The molecule has 1 unspecified atom stereocenters. The van der Waals surface area contributed by atoms with Crippen molar-refractivity contribution >= 4 is 39.8 Å². The largest absolute Gasteiger partial charge is 0.355 e. The van der Waals surface area contributed by atoms with Crippen molar-refractivity contribution in [2.75, 3.05) is 32.4 Å². The summed E-state index contributed by atoms with van der Waals surface area (Å²) in [7, 11) is -1.50. The zero-order valence-corrected chi connectivity index (χ0v) is 19.2. The van der Waals surface area contributed by atoms with Gasteiger partial charge in [-0.2, -0.15) is 0 Å². The van der Waals surface area contributed by atoms with Crippen molar-refractivity contribution in [3.8, 4) is 0 Å². The van der Waals surface area contributed by atoms with Gasteiger partial charge in [0.05, 0.1) is 10.6 Å². The monoisotopic (exact) mass is 493 g/mol. The van der Waals surface area contributed by atoms with E-state index in [1.807, 2.05) is 6.07 Å². The number of sulfone groups is 1. The Morgan fingerprint density at radius 3 is 2.62 bits per heavy atom. The van der Waals surface area contributed by atoms with E-state index >= 15 is 0 Å². The van der Waals surface area contributed by atoms with Gasteiger partial charge in [0.25, 0.3) is 0 Å². The highest BCUT2D eigenvalue weighted by Crippen LogP contribution is 2.33. The molecule has 1 aromatic carbocycles. The molecule has 1 heterocycles. The molecule has 0 amide bonds. The van der Waals surface area contributed by atoms with E-state index < -0.39 is 9.84 Å². The van der Waals surface area contributed by atoms with Gasteiger partial charge in [-0.05, 0) is 36.8 Å². The zero-order valence-electron chi connectivity index (χ0n) is 16.1. The van der Waals surface area contributed by atoms with Crippen LogP contribution in [-0.4, -0.2) is 51.7 Å². The molecule has 0 bridgehead atoms. The molecule has 5 nitrogen and oxygen atoms in total. The summed E-state index contributed by atoms with van der Waals surface area (Å²) in [5.74, 6) is 0.876. The van der Waals surface area contributed by atoms with E-state index in [0.29, 0.717) is 16.9 Å². The summed E-state index contributed by atoms with van der Waals surface area (Å²) in [6.45, 7) is 6.89. The third-order valence-corrected chi connectivity index (χ3v) is 6.63. The molecular weight excluding hydrogens is 461 g/mol. The van der Waals surface area contributed by atoms with Gasteiger partial charge in [0, 0.05) is 26.7 Å². The second kappa shape index (κ2) is 10.5. The minimum Gasteiger partial charge on any atom is -0.355 e. The summed E-state index contributed by atoms with van der Waals surface area (Å²) in [4.78, 5) is 7.01. The zero-order chi connectivity index (χ0) is 18.3. The van der Waals surface area contributed by atoms with Gasteiger partial charge in [-0.15, -0.1) is 24.0 Å². The lowest BCUT2D eigenvalue weighted by atomic mass is 9.78. The predicted octanol–water partition coefficient (Wildman–Crippen LogP) is 3.56. The summed E-state index contributed by atoms with van der Waals surface area (Å²) in [5.41, 5.74) is 0.320. The number of benzene rings is 1. The van der Waals surface area contributed by atoms with Gasteiger partial charge in [0.2, 0.25) is 0 Å². The standard InChI is InChI=1S/C19H31N3O2S.HI/c1-4-11-19(2)12-8-14-22(16-19)18(20-3)21-13-15-25(23,24)17-9-6-5-7-10-17;/h5-7,9-10H,4,8,11-16H2,1-3H3,(H,20,21);1H. The van der Waals surface area contributed by atoms with Crippen LogP contribution in [0, 0.1) is 5.41 Å². The molecule has 1 aliphatic rings. The molecule has 0 aliphatic carbocycles. The number of halogens is 1. The van der Waals surface area contributed by atoms with Crippen LogP contribution in [0.5, 0.6) is 0 Å². The molecule has 1 atom stereocenters. The van der Waals surface area contributed by atoms with Crippen molar-refractivity contribution in [1.82, 2.24) is 10.2 Å². The Morgan fingerprint density at radius 1 is 1.31 bits per heavy atom. The van der Waals surface area contributed by atoms with Gasteiger partial charge in [0.1, 0.15) is 0 Å². The van der Waals surface area contributed by atoms with Gasteiger partial charge in [0.15, 0.2) is 15.8 Å². The summed E-state index contributed by atoms with van der Waals surface area (Å²) >= 11 is 0. The van der Waals surface area contributed by atoms with Crippen molar-refractivity contribution in [3.63, 3.8) is 0 Å². The molecule has 0 saturated carbocycles. The third kappa shape index (κ3) is 6.40. The summed E-state index contributed by atoms with van der Waals surface area (Å²) in [6, 6.07) is 8.61. The van der Waals surface area contributed by atoms with E-state index in [-0.39, 0.29) is 29.7 Å². The van der Waals surface area contributed by atoms with Crippen molar-refractivity contribution < 1.29 is 8.42 Å². The van der Waals surface area contributed by atoms with E-state index in [1.54, 1.807) is 31.3 Å². The lowest BCUT2D eigenvalue weighted by Gasteiger charge is -2.42. The van der Waals surface area contributed by atoms with Gasteiger partial charge in [-0.1, -0.05) is 38.5 Å². The normalized spacial score (nSPS) is 21.2. The van der Waals surface area contributed by atoms with Gasteiger partial charge >= 0.3 is 0 Å². The maximum Gasteiger partial charge on any atom is 0.193 e. The fraction of sp³-hybridized carbons (Fsp3) is 0.632. The second-order valence-corrected chi connectivity index (χ2v) is 9.30. The molecule has 26 heavy (non-hydrogen) atoms. The van der Waals surface area contributed by atoms with Crippen molar-refractivity contribution in [1.29, 1.82) is 0 Å². The Balaban J connectivity index is 0.00000338. The molecule has 1 fully saturated rings. The van der Waals surface area contributed by atoms with Crippen LogP contribution in [0.3, 0.4) is 0 Å². The molecule has 1 N–H and O–H groups in total. The van der Waals surface area contributed by atoms with E-state index in [0.717, 1.165) is 25.5 Å². The number of hydrogen-bond donors (Lipinski definition) is 1. The second-order valence-electron chi connectivity index (χ2n) is 7.19. The Morgan fingerprint density at radius 2 is 2.00 bits per heavy atom. The third-order valence-electron chi connectivity index (χ3n) is 4.90. The minimum atomic E-state index is -3.26. The van der Waals surface area contributed by atoms with Crippen LogP contribution in [0.25, 0.3) is 0 Å². The minimum absolute atomic E-state index is 0. The van der Waals surface area contributed by atoms with Crippen molar-refractivity contribution in [2.24, 2.45) is 10.4 Å². The highest BCUT2D eigenvalue weighted by molar-refractivity contribution is 14.0. The lowest BCUT2D eigenvalue weighted by Crippen LogP contribution is -2.50. The average molecular weight is 493 g/mol. The molecular formula is C19H32IN3O2S. The Kier molecular flexibility index (Phi) is 9.36. The maximum atomic E-state index is 12.4. The highest BCUT2D eigenvalue weighted by atomic mass is 127. The molecule has 2 rings (SSSR count). The Labute approximate surface area is 175 Å². The van der Waals surface area contributed by atoms with E-state index in [4.69, 9.17) is 0 Å². The van der Waals surface area contributed by atoms with Gasteiger partial charge in [-0.25, -0.2) is 8.42 Å². The smallest absolute Gasteiger partial charge is 0.193 e. The highest BCUT2D eigenvalue weighted by Gasteiger charge is 2.31. The van der Waals surface area contributed by atoms with Crippen LogP contribution in [0.4, 0.5) is 0 Å². The molecule has 7 heteroatoms. The molecule has 1 aromatic rings. The topological polar surface area (TPSA) is 61.8 Å². The first-order chi connectivity index (χ1) is 11.9. The molecule has 1 aliphatic heterocycles. The quantitative estimate of drug-likeness (QED) is 0.374. The molecule has 1 saturated heterocycles. The first kappa shape index (κ1) is 23.2. The molecule has 0 aromatic heterocycles. The fourth-order valence-corrected chi connectivity index (χ4v) is 4.86. The lowest BCUT2D eigenvalue weighted by molar-refractivity contribution is 0.143. The number of nitrogens with zero attached hydrogens (tertiary/aromatic N) is 2. The Bertz CT molecular complexity index is 675. The van der Waals surface area contributed by atoms with Crippen LogP contribution in [-0.2, 0) is 9.84 Å². The number of aliphatic imine (C=N–C) groups is 1. The number of piperidine rings is 1. The van der Waals surface area contributed by atoms with E-state index in [9.17, 15) is 8.42 Å². The summed E-state index contributed by atoms with van der Waals surface area (Å²) in [5, 5.41) is 3.24. The van der Waals surface area contributed by atoms with Crippen molar-refractivity contribution in [2.45, 2.75) is 44.4 Å². The number of rotatable bonds is 6. The predicted molar refractivity (Wildman–Crippen MR) is 119 cm³/mol. The van der Waals surface area contributed by atoms with Crippen molar-refractivity contribution in [3.05, 3.63) is 30.3 Å². The first-order valence-corrected chi connectivity index (χ1v) is 10.8. The molecule has 0 radical (unpaired) electrons. The number of guanidine groups is 1. The maximum absolute atomic E-state index is 12.4. The first-order valence-electron chi connectivity index (χ1n) is 9.14. The molecule has 148 valence electrons. The Hall–Kier alpha value is -0.830. The van der Waals surface area contributed by atoms with Gasteiger partial charge < -0.3 is 10.2 Å². The van der Waals surface area contributed by atoms with E-state index in [2.05, 4.69) is 29.1 Å². The number of likely N-dealkylation sites (tertiary alicyclic amines) is 1. The number of hydrogen-bond acceptors (Lipinski definition) is 3. The molecule has 0 spiro atoms. The van der Waals surface area contributed by atoms with Crippen LogP contribution in [0.1, 0.15) is 39.5 Å². The summed E-state index contributed by atoms with van der Waals surface area (Å²) < 4.78 is 24.7. The average Bonchev–Trinajstić information content (AvgIpc) is 2.59. The summed E-state index contributed by atoms with van der Waals surface area (Å²) in [6.07, 6.45) is 4.80. The van der Waals surface area contributed by atoms with E-state index in [1.165, 1.54) is 19.3 Å².